The van der Waals surface area contributed by atoms with E-state index in [2.05, 4.69) is 19.6 Å². The number of thiocyanates is 1. The van der Waals surface area contributed by atoms with Gasteiger partial charge in [-0.15, -0.1) is 0 Å². The third-order valence-electron chi connectivity index (χ3n) is 1.31. The van der Waals surface area contributed by atoms with E-state index in [-0.39, 0.29) is 0 Å². The van der Waals surface area contributed by atoms with Crippen molar-refractivity contribution >= 4 is 12.6 Å². The molecule has 3 heteroatoms. The van der Waals surface area contributed by atoms with Gasteiger partial charge < -0.3 is 5.73 Å². The molecular weight excluding hydrogens is 156 g/mol. The second-order valence-corrected chi connectivity index (χ2v) is 2.50. The highest BCUT2D eigenvalue weighted by Crippen LogP contribution is 2.00. The van der Waals surface area contributed by atoms with Crippen LogP contribution >= 0.6 is 12.6 Å². The fraction of sp³-hybridized carbons (Fsp3) is 0.875. The second kappa shape index (κ2) is 16.4. The number of thiol groups is 1. The number of rotatable bonds is 5. The summed E-state index contributed by atoms with van der Waals surface area (Å²) in [6.45, 7) is 3.09. The lowest BCUT2D eigenvalue weighted by Gasteiger charge is -1.93. The molecule has 0 aliphatic rings. The molecule has 0 atom stereocenters. The Hall–Kier alpha value is -0.200. The van der Waals surface area contributed by atoms with Crippen LogP contribution in [0.1, 0.15) is 39.0 Å². The Labute approximate surface area is 75.2 Å². The summed E-state index contributed by atoms with van der Waals surface area (Å²) in [5.41, 5.74) is 5.31. The van der Waals surface area contributed by atoms with Crippen LogP contribution in [0.4, 0.5) is 0 Å². The molecule has 0 bridgehead atoms. The summed E-state index contributed by atoms with van der Waals surface area (Å²) in [7, 11) is 0. The first-order chi connectivity index (χ1) is 5.33. The lowest BCUT2D eigenvalue weighted by molar-refractivity contribution is 0.638. The zero-order valence-electron chi connectivity index (χ0n) is 7.21. The minimum atomic E-state index is 0.865. The first-order valence-corrected chi connectivity index (χ1v) is 4.51. The van der Waals surface area contributed by atoms with Gasteiger partial charge in [0.15, 0.2) is 0 Å². The van der Waals surface area contributed by atoms with Crippen LogP contribution < -0.4 is 5.73 Å². The summed E-state index contributed by atoms with van der Waals surface area (Å²) in [6, 6.07) is 0. The van der Waals surface area contributed by atoms with Crippen LogP contribution in [0.5, 0.6) is 0 Å². The van der Waals surface area contributed by atoms with Gasteiger partial charge in [0.05, 0.1) is 0 Å². The molecule has 0 aromatic carbocycles. The van der Waals surface area contributed by atoms with Crippen molar-refractivity contribution in [2.45, 2.75) is 39.0 Å². The van der Waals surface area contributed by atoms with E-state index in [1.165, 1.54) is 37.5 Å². The number of unbranched alkanes of at least 4 members (excludes halogenated alkanes) is 4. The van der Waals surface area contributed by atoms with E-state index in [4.69, 9.17) is 11.0 Å². The third-order valence-corrected chi connectivity index (χ3v) is 1.31. The van der Waals surface area contributed by atoms with Crippen LogP contribution in [-0.4, -0.2) is 6.54 Å². The first kappa shape index (κ1) is 13.4. The highest BCUT2D eigenvalue weighted by Gasteiger charge is 1.83. The predicted octanol–water partition coefficient (Wildman–Crippen LogP) is 2.31. The van der Waals surface area contributed by atoms with Crippen molar-refractivity contribution in [3.8, 4) is 5.40 Å². The van der Waals surface area contributed by atoms with E-state index in [0.29, 0.717) is 0 Å². The van der Waals surface area contributed by atoms with Gasteiger partial charge in [0.25, 0.3) is 0 Å². The Bertz CT molecular complexity index is 82.6. The molecule has 0 aliphatic heterocycles. The van der Waals surface area contributed by atoms with E-state index >= 15 is 0 Å². The first-order valence-electron chi connectivity index (χ1n) is 4.06. The van der Waals surface area contributed by atoms with Gasteiger partial charge in [0.2, 0.25) is 0 Å². The molecule has 0 radical (unpaired) electrons. The van der Waals surface area contributed by atoms with Crippen molar-refractivity contribution < 1.29 is 0 Å². The summed E-state index contributed by atoms with van der Waals surface area (Å²) < 4.78 is 0. The average molecular weight is 174 g/mol. The van der Waals surface area contributed by atoms with E-state index in [1.54, 1.807) is 0 Å². The predicted molar refractivity (Wildman–Crippen MR) is 52.4 cm³/mol. The number of hydrogen-bond donors (Lipinski definition) is 2. The largest absolute Gasteiger partial charge is 0.330 e. The Morgan fingerprint density at radius 3 is 2.09 bits per heavy atom. The number of hydrogen-bond acceptors (Lipinski definition) is 3. The molecule has 0 amide bonds. The molecule has 0 heterocycles. The van der Waals surface area contributed by atoms with Crippen molar-refractivity contribution in [2.24, 2.45) is 5.73 Å². The number of nitriles is 1. The van der Waals surface area contributed by atoms with Crippen LogP contribution in [0.25, 0.3) is 0 Å². The van der Waals surface area contributed by atoms with Crippen molar-refractivity contribution in [3.05, 3.63) is 0 Å². The van der Waals surface area contributed by atoms with E-state index < -0.39 is 0 Å². The topological polar surface area (TPSA) is 49.8 Å². The fourth-order valence-corrected chi connectivity index (χ4v) is 0.748. The van der Waals surface area contributed by atoms with Gasteiger partial charge in [-0.1, -0.05) is 45.2 Å². The highest BCUT2D eigenvalue weighted by molar-refractivity contribution is 7.85. The summed E-state index contributed by atoms with van der Waals surface area (Å²) in [5.74, 6) is 0. The van der Waals surface area contributed by atoms with Crippen LogP contribution in [0.2, 0.25) is 0 Å². The lowest BCUT2D eigenvalue weighted by Crippen LogP contribution is -1.97. The quantitative estimate of drug-likeness (QED) is 0.382. The van der Waals surface area contributed by atoms with Crippen molar-refractivity contribution in [1.29, 1.82) is 5.26 Å². The molecule has 2 nitrogen and oxygen atoms in total. The molecule has 11 heavy (non-hydrogen) atoms. The maximum Gasteiger partial charge on any atom is 0.130 e. The number of nitrogens with zero attached hydrogens (tertiary/aromatic N) is 1. The molecule has 0 aliphatic carbocycles. The normalized spacial score (nSPS) is 7.82. The zero-order valence-corrected chi connectivity index (χ0v) is 8.11. The minimum Gasteiger partial charge on any atom is -0.330 e. The highest BCUT2D eigenvalue weighted by atomic mass is 32.1. The fourth-order valence-electron chi connectivity index (χ4n) is 0.748. The van der Waals surface area contributed by atoms with Gasteiger partial charge in [0, 0.05) is 0 Å². The second-order valence-electron chi connectivity index (χ2n) is 2.30. The summed E-state index contributed by atoms with van der Waals surface area (Å²) in [5, 5.41) is 8.63. The molecule has 0 saturated carbocycles. The smallest absolute Gasteiger partial charge is 0.130 e. The summed E-state index contributed by atoms with van der Waals surface area (Å²) in [6.07, 6.45) is 6.60. The zero-order chi connectivity index (χ0) is 8.95. The van der Waals surface area contributed by atoms with E-state index in [1.807, 2.05) is 0 Å². The van der Waals surface area contributed by atoms with Crippen LogP contribution in [-0.2, 0) is 0 Å². The van der Waals surface area contributed by atoms with Gasteiger partial charge in [0.1, 0.15) is 5.40 Å². The third kappa shape index (κ3) is 25.9. The molecule has 0 aromatic heterocycles. The molecule has 0 fully saturated rings. The molecule has 66 valence electrons. The minimum absolute atomic E-state index is 0.865. The molecular formula is C8H18N2S. The van der Waals surface area contributed by atoms with E-state index in [0.717, 1.165) is 6.54 Å². The molecule has 2 N–H and O–H groups in total. The number of nitrogens with two attached hydrogens (primary N) is 1. The Morgan fingerprint density at radius 1 is 1.27 bits per heavy atom. The van der Waals surface area contributed by atoms with Crippen LogP contribution in [0, 0.1) is 10.7 Å². The molecule has 0 rings (SSSR count). The molecule has 0 saturated heterocycles. The summed E-state index contributed by atoms with van der Waals surface area (Å²) >= 11 is 3.09. The molecule has 0 aromatic rings. The van der Waals surface area contributed by atoms with Crippen molar-refractivity contribution in [1.82, 2.24) is 0 Å². The Balaban J connectivity index is 0. The van der Waals surface area contributed by atoms with Gasteiger partial charge in [-0.25, -0.2) is 0 Å². The maximum atomic E-state index is 7.18. The lowest BCUT2D eigenvalue weighted by atomic mass is 10.2. The van der Waals surface area contributed by atoms with Gasteiger partial charge >= 0.3 is 0 Å². The van der Waals surface area contributed by atoms with Crippen molar-refractivity contribution in [2.75, 3.05) is 6.54 Å². The van der Waals surface area contributed by atoms with Gasteiger partial charge in [-0.2, -0.15) is 5.26 Å². The monoisotopic (exact) mass is 174 g/mol. The molecule has 0 spiro atoms. The summed E-state index contributed by atoms with van der Waals surface area (Å²) in [4.78, 5) is 0. The van der Waals surface area contributed by atoms with E-state index in [9.17, 15) is 0 Å². The average Bonchev–Trinajstić information content (AvgIpc) is 2.00. The van der Waals surface area contributed by atoms with Crippen LogP contribution in [0.15, 0.2) is 0 Å². The van der Waals surface area contributed by atoms with Gasteiger partial charge in [-0.3, -0.25) is 0 Å². The molecule has 0 unspecified atom stereocenters. The standard InChI is InChI=1S/C7H17N.CHNS/c1-2-3-4-5-6-7-8;2-1-3/h2-8H2,1H3;3H. The SMILES string of the molecule is CCCCCCCN.N#CS. The Kier molecular flexibility index (Phi) is 20.0. The van der Waals surface area contributed by atoms with Crippen LogP contribution in [0.3, 0.4) is 0 Å². The van der Waals surface area contributed by atoms with Crippen molar-refractivity contribution in [3.63, 3.8) is 0 Å². The maximum absolute atomic E-state index is 7.18. The van der Waals surface area contributed by atoms with Gasteiger partial charge in [-0.05, 0) is 13.0 Å². The Morgan fingerprint density at radius 2 is 1.73 bits per heavy atom.